The zero-order chi connectivity index (χ0) is 16.9. The monoisotopic (exact) mass is 343 g/mol. The second-order valence-corrected chi connectivity index (χ2v) is 7.44. The van der Waals surface area contributed by atoms with Crippen molar-refractivity contribution in [1.29, 1.82) is 0 Å². The molecule has 24 heavy (non-hydrogen) atoms. The van der Waals surface area contributed by atoms with E-state index in [2.05, 4.69) is 42.7 Å². The van der Waals surface area contributed by atoms with Gasteiger partial charge < -0.3 is 10.6 Å². The highest BCUT2D eigenvalue weighted by Gasteiger charge is 2.32. The van der Waals surface area contributed by atoms with Crippen molar-refractivity contribution in [2.45, 2.75) is 38.6 Å². The van der Waals surface area contributed by atoms with Crippen LogP contribution in [0, 0.1) is 5.92 Å². The fraction of sp³-hybridized carbons (Fsp3) is 0.474. The van der Waals surface area contributed by atoms with E-state index < -0.39 is 0 Å². The molecule has 0 saturated carbocycles. The maximum Gasteiger partial charge on any atom is 0.224 e. The second kappa shape index (κ2) is 7.90. The molecule has 2 unspecified atom stereocenters. The number of thiazole rings is 1. The first-order chi connectivity index (χ1) is 11.7. The number of nitrogens with one attached hydrogen (secondary N) is 2. The summed E-state index contributed by atoms with van der Waals surface area (Å²) in [6.45, 7) is 5.75. The van der Waals surface area contributed by atoms with Gasteiger partial charge in [-0.25, -0.2) is 4.98 Å². The number of para-hydroxylation sites is 1. The SMILES string of the molecule is CCN[C@H](C)CNC(=O)C1CC=CCC1c1nc2ccccc2s1. The number of amides is 1. The van der Waals surface area contributed by atoms with Gasteiger partial charge in [-0.2, -0.15) is 0 Å². The number of aromatic nitrogens is 1. The molecule has 2 aromatic rings. The van der Waals surface area contributed by atoms with Crippen LogP contribution in [-0.4, -0.2) is 30.0 Å². The summed E-state index contributed by atoms with van der Waals surface area (Å²) in [5.41, 5.74) is 1.03. The van der Waals surface area contributed by atoms with E-state index in [1.807, 2.05) is 18.2 Å². The van der Waals surface area contributed by atoms with Crippen molar-refractivity contribution in [3.63, 3.8) is 0 Å². The van der Waals surface area contributed by atoms with Gasteiger partial charge in [-0.1, -0.05) is 31.2 Å². The topological polar surface area (TPSA) is 54.0 Å². The molecular formula is C19H25N3OS. The van der Waals surface area contributed by atoms with E-state index >= 15 is 0 Å². The molecule has 0 spiro atoms. The Kier molecular flexibility index (Phi) is 5.63. The lowest BCUT2D eigenvalue weighted by Crippen LogP contribution is -2.42. The summed E-state index contributed by atoms with van der Waals surface area (Å²) in [5.74, 6) is 0.305. The van der Waals surface area contributed by atoms with E-state index in [9.17, 15) is 4.79 Å². The fourth-order valence-electron chi connectivity index (χ4n) is 3.23. The van der Waals surface area contributed by atoms with Crippen molar-refractivity contribution in [1.82, 2.24) is 15.6 Å². The van der Waals surface area contributed by atoms with Gasteiger partial charge in [-0.05, 0) is 38.4 Å². The molecule has 1 aliphatic carbocycles. The Labute approximate surface area is 147 Å². The van der Waals surface area contributed by atoms with E-state index in [4.69, 9.17) is 4.98 Å². The van der Waals surface area contributed by atoms with Gasteiger partial charge in [0, 0.05) is 18.5 Å². The highest BCUT2D eigenvalue weighted by molar-refractivity contribution is 7.18. The number of nitrogens with zero attached hydrogens (tertiary/aromatic N) is 1. The first-order valence-corrected chi connectivity index (χ1v) is 9.52. The van der Waals surface area contributed by atoms with Gasteiger partial charge in [0.2, 0.25) is 5.91 Å². The summed E-state index contributed by atoms with van der Waals surface area (Å²) < 4.78 is 1.20. The number of benzene rings is 1. The summed E-state index contributed by atoms with van der Waals surface area (Å²) in [7, 11) is 0. The lowest BCUT2D eigenvalue weighted by atomic mass is 9.82. The van der Waals surface area contributed by atoms with Crippen molar-refractivity contribution >= 4 is 27.5 Å². The molecule has 0 bridgehead atoms. The molecule has 5 heteroatoms. The van der Waals surface area contributed by atoms with Gasteiger partial charge in [0.1, 0.15) is 0 Å². The minimum atomic E-state index is -0.0237. The van der Waals surface area contributed by atoms with Crippen LogP contribution in [0.1, 0.15) is 37.6 Å². The Hall–Kier alpha value is -1.72. The third kappa shape index (κ3) is 3.84. The van der Waals surface area contributed by atoms with E-state index in [1.165, 1.54) is 4.70 Å². The van der Waals surface area contributed by atoms with Crippen LogP contribution in [0.15, 0.2) is 36.4 Å². The average molecular weight is 343 g/mol. The summed E-state index contributed by atoms with van der Waals surface area (Å²) in [6, 6.07) is 8.48. The Morgan fingerprint density at radius 1 is 1.33 bits per heavy atom. The van der Waals surface area contributed by atoms with Gasteiger partial charge in [-0.3, -0.25) is 4.79 Å². The molecule has 0 fully saturated rings. The first-order valence-electron chi connectivity index (χ1n) is 8.70. The maximum absolute atomic E-state index is 12.7. The molecule has 1 heterocycles. The number of carbonyl (C=O) groups is 1. The summed E-state index contributed by atoms with van der Waals surface area (Å²) >= 11 is 1.72. The molecule has 3 rings (SSSR count). The molecule has 2 N–H and O–H groups in total. The molecule has 0 aliphatic heterocycles. The summed E-state index contributed by atoms with van der Waals surface area (Å²) in [5, 5.41) is 7.52. The summed E-state index contributed by atoms with van der Waals surface area (Å²) in [4.78, 5) is 17.5. The first kappa shape index (κ1) is 17.1. The van der Waals surface area contributed by atoms with Crippen LogP contribution >= 0.6 is 11.3 Å². The molecule has 0 radical (unpaired) electrons. The largest absolute Gasteiger partial charge is 0.354 e. The normalized spacial score (nSPS) is 21.8. The van der Waals surface area contributed by atoms with Crippen molar-refractivity contribution in [3.8, 4) is 0 Å². The second-order valence-electron chi connectivity index (χ2n) is 6.38. The number of rotatable bonds is 6. The number of hydrogen-bond acceptors (Lipinski definition) is 4. The Morgan fingerprint density at radius 3 is 2.92 bits per heavy atom. The number of fused-ring (bicyclic) bond motifs is 1. The summed E-state index contributed by atoms with van der Waals surface area (Å²) in [6.07, 6.45) is 5.99. The van der Waals surface area contributed by atoms with Crippen LogP contribution in [0.5, 0.6) is 0 Å². The molecule has 1 aliphatic rings. The molecule has 128 valence electrons. The molecule has 0 saturated heterocycles. The van der Waals surface area contributed by atoms with Crippen molar-refractivity contribution < 1.29 is 4.79 Å². The van der Waals surface area contributed by atoms with Gasteiger partial charge >= 0.3 is 0 Å². The van der Waals surface area contributed by atoms with E-state index in [1.54, 1.807) is 11.3 Å². The Morgan fingerprint density at radius 2 is 2.12 bits per heavy atom. The van der Waals surface area contributed by atoms with Crippen LogP contribution in [0.25, 0.3) is 10.2 Å². The molecule has 1 aromatic heterocycles. The lowest BCUT2D eigenvalue weighted by Gasteiger charge is -2.26. The lowest BCUT2D eigenvalue weighted by molar-refractivity contribution is -0.125. The molecule has 1 amide bonds. The van der Waals surface area contributed by atoms with Crippen molar-refractivity contribution in [3.05, 3.63) is 41.4 Å². The maximum atomic E-state index is 12.7. The van der Waals surface area contributed by atoms with Crippen molar-refractivity contribution in [2.75, 3.05) is 13.1 Å². The van der Waals surface area contributed by atoms with Crippen LogP contribution in [-0.2, 0) is 4.79 Å². The Balaban J connectivity index is 1.73. The van der Waals surface area contributed by atoms with Crippen LogP contribution in [0.4, 0.5) is 0 Å². The van der Waals surface area contributed by atoms with Crippen LogP contribution in [0.2, 0.25) is 0 Å². The highest BCUT2D eigenvalue weighted by atomic mass is 32.1. The van der Waals surface area contributed by atoms with E-state index in [-0.39, 0.29) is 17.7 Å². The van der Waals surface area contributed by atoms with Crippen molar-refractivity contribution in [2.24, 2.45) is 5.92 Å². The van der Waals surface area contributed by atoms with Crippen LogP contribution < -0.4 is 10.6 Å². The predicted octanol–water partition coefficient (Wildman–Crippen LogP) is 3.46. The zero-order valence-electron chi connectivity index (χ0n) is 14.3. The van der Waals surface area contributed by atoms with Gasteiger partial charge in [0.05, 0.1) is 21.1 Å². The zero-order valence-corrected chi connectivity index (χ0v) is 15.1. The standard InChI is InChI=1S/C19H25N3OS/c1-3-20-13(2)12-21-18(23)14-8-4-5-9-15(14)19-22-16-10-6-7-11-17(16)24-19/h4-7,10-11,13-15,20H,3,8-9,12H2,1-2H3,(H,21,23)/t13-,14?,15?/m1/s1. The predicted molar refractivity (Wildman–Crippen MR) is 100 cm³/mol. The minimum absolute atomic E-state index is 0.0237. The fourth-order valence-corrected chi connectivity index (χ4v) is 4.38. The number of carbonyl (C=O) groups excluding carboxylic acids is 1. The Bertz CT molecular complexity index is 691. The van der Waals surface area contributed by atoms with Crippen LogP contribution in [0.3, 0.4) is 0 Å². The van der Waals surface area contributed by atoms with E-state index in [0.717, 1.165) is 29.9 Å². The smallest absolute Gasteiger partial charge is 0.224 e. The molecular weight excluding hydrogens is 318 g/mol. The quantitative estimate of drug-likeness (QED) is 0.790. The van der Waals surface area contributed by atoms with Gasteiger partial charge in [0.15, 0.2) is 0 Å². The number of likely N-dealkylation sites (N-methyl/N-ethyl adjacent to an activating group) is 1. The molecule has 4 nitrogen and oxygen atoms in total. The third-order valence-electron chi connectivity index (χ3n) is 4.53. The third-order valence-corrected chi connectivity index (χ3v) is 5.70. The highest BCUT2D eigenvalue weighted by Crippen LogP contribution is 2.38. The molecule has 1 aromatic carbocycles. The number of allylic oxidation sites excluding steroid dienone is 2. The minimum Gasteiger partial charge on any atom is -0.354 e. The average Bonchev–Trinajstić information content (AvgIpc) is 3.04. The number of hydrogen-bond donors (Lipinski definition) is 2. The molecule has 3 atom stereocenters. The van der Waals surface area contributed by atoms with Gasteiger partial charge in [-0.15, -0.1) is 11.3 Å². The van der Waals surface area contributed by atoms with Gasteiger partial charge in [0.25, 0.3) is 0 Å². The van der Waals surface area contributed by atoms with E-state index in [0.29, 0.717) is 12.6 Å².